The summed E-state index contributed by atoms with van der Waals surface area (Å²) in [7, 11) is 0. The quantitative estimate of drug-likeness (QED) is 0.750. The van der Waals surface area contributed by atoms with Gasteiger partial charge in [-0.05, 0) is 37.6 Å². The van der Waals surface area contributed by atoms with Gasteiger partial charge in [0.1, 0.15) is 5.75 Å². The molecule has 0 radical (unpaired) electrons. The minimum Gasteiger partial charge on any atom is -0.494 e. The average Bonchev–Trinajstić information content (AvgIpc) is 2.17. The van der Waals surface area contributed by atoms with E-state index in [9.17, 15) is 0 Å². The first-order valence-electron chi connectivity index (χ1n) is 4.83. The summed E-state index contributed by atoms with van der Waals surface area (Å²) < 4.78 is 5.34. The Balaban J connectivity index is 2.48. The molecule has 0 spiro atoms. The second-order valence-electron chi connectivity index (χ2n) is 2.88. The summed E-state index contributed by atoms with van der Waals surface area (Å²) in [5.74, 6) is 0.935. The van der Waals surface area contributed by atoms with Gasteiger partial charge < -0.3 is 10.1 Å². The molecule has 2 heteroatoms. The highest BCUT2D eigenvalue weighted by atomic mass is 16.5. The highest BCUT2D eigenvalue weighted by Gasteiger charge is 1.92. The van der Waals surface area contributed by atoms with Gasteiger partial charge in [-0.3, -0.25) is 0 Å². The molecule has 1 aromatic carbocycles. The molecule has 1 rings (SSSR count). The number of hydrogen-bond donors (Lipinski definition) is 1. The molecular weight excluding hydrogens is 162 g/mol. The molecule has 0 aliphatic heterocycles. The summed E-state index contributed by atoms with van der Waals surface area (Å²) in [5.41, 5.74) is 1.16. The van der Waals surface area contributed by atoms with Crippen molar-refractivity contribution in [3.63, 3.8) is 0 Å². The molecule has 0 unspecified atom stereocenters. The number of rotatable bonds is 5. The molecular formula is C11H17NO. The van der Waals surface area contributed by atoms with Gasteiger partial charge in [0, 0.05) is 12.2 Å². The van der Waals surface area contributed by atoms with Crippen LogP contribution in [0.1, 0.15) is 20.3 Å². The van der Waals surface area contributed by atoms with Gasteiger partial charge in [0.25, 0.3) is 0 Å². The Morgan fingerprint density at radius 3 is 2.38 bits per heavy atom. The zero-order chi connectivity index (χ0) is 9.52. The third-order valence-electron chi connectivity index (χ3n) is 1.74. The lowest BCUT2D eigenvalue weighted by Gasteiger charge is -2.06. The van der Waals surface area contributed by atoms with Crippen molar-refractivity contribution >= 4 is 5.69 Å². The van der Waals surface area contributed by atoms with E-state index in [4.69, 9.17) is 4.74 Å². The highest BCUT2D eigenvalue weighted by molar-refractivity contribution is 5.46. The molecule has 0 heterocycles. The van der Waals surface area contributed by atoms with Gasteiger partial charge in [0.05, 0.1) is 6.61 Å². The monoisotopic (exact) mass is 179 g/mol. The van der Waals surface area contributed by atoms with Crippen LogP contribution in [0.4, 0.5) is 5.69 Å². The van der Waals surface area contributed by atoms with Crippen LogP contribution in [0.3, 0.4) is 0 Å². The summed E-state index contributed by atoms with van der Waals surface area (Å²) in [6.07, 6.45) is 1.15. The number of hydrogen-bond acceptors (Lipinski definition) is 2. The summed E-state index contributed by atoms with van der Waals surface area (Å²) in [6, 6.07) is 8.06. The molecule has 1 aromatic rings. The van der Waals surface area contributed by atoms with Crippen molar-refractivity contribution in [3.05, 3.63) is 24.3 Å². The fraction of sp³-hybridized carbons (Fsp3) is 0.455. The van der Waals surface area contributed by atoms with E-state index >= 15 is 0 Å². The summed E-state index contributed by atoms with van der Waals surface area (Å²) >= 11 is 0. The molecule has 0 aromatic heterocycles. The van der Waals surface area contributed by atoms with Gasteiger partial charge in [-0.1, -0.05) is 6.92 Å². The molecule has 1 N–H and O–H groups in total. The van der Waals surface area contributed by atoms with Gasteiger partial charge in [0.2, 0.25) is 0 Å². The maximum atomic E-state index is 5.34. The standard InChI is InChI=1S/C11H17NO/c1-3-9-12-10-5-7-11(8-6-10)13-4-2/h5-8,12H,3-4,9H2,1-2H3. The second kappa shape index (κ2) is 5.46. The number of nitrogens with one attached hydrogen (secondary N) is 1. The van der Waals surface area contributed by atoms with Crippen LogP contribution in [0.15, 0.2) is 24.3 Å². The maximum absolute atomic E-state index is 5.34. The fourth-order valence-corrected chi connectivity index (χ4v) is 1.11. The van der Waals surface area contributed by atoms with Crippen LogP contribution in [0, 0.1) is 0 Å². The summed E-state index contributed by atoms with van der Waals surface area (Å²) in [6.45, 7) is 5.89. The first kappa shape index (κ1) is 9.90. The Labute approximate surface area is 79.9 Å². The Morgan fingerprint density at radius 2 is 1.85 bits per heavy atom. The fourth-order valence-electron chi connectivity index (χ4n) is 1.11. The molecule has 0 atom stereocenters. The normalized spacial score (nSPS) is 9.69. The predicted octanol–water partition coefficient (Wildman–Crippen LogP) is 2.91. The zero-order valence-electron chi connectivity index (χ0n) is 8.34. The molecule has 72 valence electrons. The third kappa shape index (κ3) is 3.36. The van der Waals surface area contributed by atoms with Gasteiger partial charge in [-0.2, -0.15) is 0 Å². The lowest BCUT2D eigenvalue weighted by Crippen LogP contribution is -1.99. The van der Waals surface area contributed by atoms with Crippen LogP contribution in [0.5, 0.6) is 5.75 Å². The second-order valence-corrected chi connectivity index (χ2v) is 2.88. The molecule has 0 saturated carbocycles. The first-order chi connectivity index (χ1) is 6.36. The predicted molar refractivity (Wildman–Crippen MR) is 56.4 cm³/mol. The highest BCUT2D eigenvalue weighted by Crippen LogP contribution is 2.15. The van der Waals surface area contributed by atoms with E-state index in [0.717, 1.165) is 31.0 Å². The van der Waals surface area contributed by atoms with Crippen molar-refractivity contribution in [2.24, 2.45) is 0 Å². The molecule has 0 aliphatic rings. The van der Waals surface area contributed by atoms with E-state index in [1.165, 1.54) is 0 Å². The summed E-state index contributed by atoms with van der Waals surface area (Å²) in [4.78, 5) is 0. The van der Waals surface area contributed by atoms with Gasteiger partial charge >= 0.3 is 0 Å². The lowest BCUT2D eigenvalue weighted by molar-refractivity contribution is 0.340. The number of benzene rings is 1. The van der Waals surface area contributed by atoms with Crippen molar-refractivity contribution in [1.29, 1.82) is 0 Å². The molecule has 2 nitrogen and oxygen atoms in total. The zero-order valence-corrected chi connectivity index (χ0v) is 8.34. The van der Waals surface area contributed by atoms with E-state index in [1.807, 2.05) is 31.2 Å². The Hall–Kier alpha value is -1.18. The molecule has 0 bridgehead atoms. The largest absolute Gasteiger partial charge is 0.494 e. The third-order valence-corrected chi connectivity index (χ3v) is 1.74. The maximum Gasteiger partial charge on any atom is 0.119 e. The number of anilines is 1. The first-order valence-corrected chi connectivity index (χ1v) is 4.83. The van der Waals surface area contributed by atoms with E-state index < -0.39 is 0 Å². The Morgan fingerprint density at radius 1 is 1.15 bits per heavy atom. The lowest BCUT2D eigenvalue weighted by atomic mass is 10.3. The van der Waals surface area contributed by atoms with Crippen LogP contribution in [-0.4, -0.2) is 13.2 Å². The van der Waals surface area contributed by atoms with Crippen LogP contribution < -0.4 is 10.1 Å². The van der Waals surface area contributed by atoms with Crippen molar-refractivity contribution in [2.45, 2.75) is 20.3 Å². The van der Waals surface area contributed by atoms with Gasteiger partial charge in [-0.25, -0.2) is 0 Å². The van der Waals surface area contributed by atoms with Crippen LogP contribution in [0.25, 0.3) is 0 Å². The minimum atomic E-state index is 0.724. The molecule has 0 aliphatic carbocycles. The molecule has 0 amide bonds. The molecule has 0 saturated heterocycles. The van der Waals surface area contributed by atoms with E-state index in [1.54, 1.807) is 0 Å². The Bertz CT molecular complexity index is 230. The average molecular weight is 179 g/mol. The van der Waals surface area contributed by atoms with E-state index in [0.29, 0.717) is 0 Å². The molecule has 0 fully saturated rings. The van der Waals surface area contributed by atoms with Crippen LogP contribution in [0.2, 0.25) is 0 Å². The van der Waals surface area contributed by atoms with Crippen molar-refractivity contribution in [2.75, 3.05) is 18.5 Å². The minimum absolute atomic E-state index is 0.724. The Kier molecular flexibility index (Phi) is 4.16. The van der Waals surface area contributed by atoms with Crippen LogP contribution >= 0.6 is 0 Å². The van der Waals surface area contributed by atoms with Crippen molar-refractivity contribution < 1.29 is 4.74 Å². The topological polar surface area (TPSA) is 21.3 Å². The van der Waals surface area contributed by atoms with Crippen molar-refractivity contribution in [1.82, 2.24) is 0 Å². The van der Waals surface area contributed by atoms with Gasteiger partial charge in [0.15, 0.2) is 0 Å². The number of ether oxygens (including phenoxy) is 1. The van der Waals surface area contributed by atoms with E-state index in [-0.39, 0.29) is 0 Å². The van der Waals surface area contributed by atoms with Crippen molar-refractivity contribution in [3.8, 4) is 5.75 Å². The molecule has 13 heavy (non-hydrogen) atoms. The van der Waals surface area contributed by atoms with E-state index in [2.05, 4.69) is 12.2 Å². The van der Waals surface area contributed by atoms with Crippen LogP contribution in [-0.2, 0) is 0 Å². The SMILES string of the molecule is CCCNc1ccc(OCC)cc1. The summed E-state index contributed by atoms with van der Waals surface area (Å²) in [5, 5.41) is 3.31. The van der Waals surface area contributed by atoms with Gasteiger partial charge in [-0.15, -0.1) is 0 Å². The smallest absolute Gasteiger partial charge is 0.119 e.